The van der Waals surface area contributed by atoms with E-state index < -0.39 is 36.7 Å². The van der Waals surface area contributed by atoms with E-state index in [1.54, 1.807) is 6.92 Å². The molecular weight excluding hydrogens is 242 g/mol. The lowest BCUT2D eigenvalue weighted by Crippen LogP contribution is -2.65. The Morgan fingerprint density at radius 2 is 2.06 bits per heavy atom. The maximum Gasteiger partial charge on any atom is 0.508 e. The number of hydrogen-bond acceptors (Lipinski definition) is 6. The highest BCUT2D eigenvalue weighted by molar-refractivity contribution is 5.91. The Balaban J connectivity index is 2.49. The van der Waals surface area contributed by atoms with Gasteiger partial charge < -0.3 is 19.9 Å². The summed E-state index contributed by atoms with van der Waals surface area (Å²) in [7, 11) is 1.14. The van der Waals surface area contributed by atoms with Gasteiger partial charge in [0.15, 0.2) is 12.4 Å². The minimum atomic E-state index is -0.930. The van der Waals surface area contributed by atoms with Crippen molar-refractivity contribution in [3.8, 4) is 0 Å². The number of Topliss-reactive ketones (excluding diaryl/α,β-unsaturated/α-hetero) is 1. The van der Waals surface area contributed by atoms with Gasteiger partial charge >= 0.3 is 6.16 Å². The molecule has 7 heteroatoms. The summed E-state index contributed by atoms with van der Waals surface area (Å²) in [6.07, 6.45) is -1.75. The van der Waals surface area contributed by atoms with Crippen LogP contribution in [0, 0.1) is 11.8 Å². The first-order valence-corrected chi connectivity index (χ1v) is 5.60. The summed E-state index contributed by atoms with van der Waals surface area (Å²) < 4.78 is 8.76. The third kappa shape index (κ3) is 2.98. The number of nitrogens with one attached hydrogen (secondary N) is 1. The Labute approximate surface area is 104 Å². The maximum absolute atomic E-state index is 11.7. The summed E-state index contributed by atoms with van der Waals surface area (Å²) in [5, 5.41) is 12.0. The summed E-state index contributed by atoms with van der Waals surface area (Å²) in [5.74, 6) is -1.74. The Kier molecular flexibility index (Phi) is 4.66. The smallest absolute Gasteiger partial charge is 0.438 e. The zero-order valence-corrected chi connectivity index (χ0v) is 10.5. The third-order valence-corrected chi connectivity index (χ3v) is 3.06. The van der Waals surface area contributed by atoms with Gasteiger partial charge in [-0.15, -0.1) is 0 Å². The third-order valence-electron chi connectivity index (χ3n) is 3.06. The summed E-state index contributed by atoms with van der Waals surface area (Å²) in [6.45, 7) is 2.70. The number of methoxy groups -OCH3 is 1. The molecule has 0 bridgehead atoms. The van der Waals surface area contributed by atoms with Crippen molar-refractivity contribution >= 4 is 17.8 Å². The topological polar surface area (TPSA) is 102 Å². The van der Waals surface area contributed by atoms with Gasteiger partial charge in [-0.25, -0.2) is 4.79 Å². The van der Waals surface area contributed by atoms with Gasteiger partial charge in [0.05, 0.1) is 25.2 Å². The van der Waals surface area contributed by atoms with Gasteiger partial charge in [-0.3, -0.25) is 9.59 Å². The van der Waals surface area contributed by atoms with E-state index in [-0.39, 0.29) is 11.7 Å². The molecule has 7 nitrogen and oxygen atoms in total. The quantitative estimate of drug-likeness (QED) is 0.508. The Morgan fingerprint density at radius 1 is 1.44 bits per heavy atom. The predicted molar refractivity (Wildman–Crippen MR) is 59.6 cm³/mol. The molecule has 1 heterocycles. The van der Waals surface area contributed by atoms with Crippen LogP contribution in [0.2, 0.25) is 0 Å². The summed E-state index contributed by atoms with van der Waals surface area (Å²) >= 11 is 0. The molecule has 1 aliphatic rings. The maximum atomic E-state index is 11.7. The van der Waals surface area contributed by atoms with Crippen molar-refractivity contribution in [3.63, 3.8) is 0 Å². The van der Waals surface area contributed by atoms with Crippen molar-refractivity contribution < 1.29 is 29.0 Å². The van der Waals surface area contributed by atoms with Crippen LogP contribution in [-0.2, 0) is 19.1 Å². The van der Waals surface area contributed by atoms with Crippen molar-refractivity contribution in [3.05, 3.63) is 0 Å². The molecule has 102 valence electrons. The summed E-state index contributed by atoms with van der Waals surface area (Å²) in [6, 6.07) is -0.425. The molecular formula is C11H17NO6. The van der Waals surface area contributed by atoms with Crippen molar-refractivity contribution in [2.75, 3.05) is 13.7 Å². The van der Waals surface area contributed by atoms with Gasteiger partial charge in [0.2, 0.25) is 5.91 Å². The van der Waals surface area contributed by atoms with Gasteiger partial charge in [0.25, 0.3) is 0 Å². The van der Waals surface area contributed by atoms with Gasteiger partial charge in [-0.05, 0) is 6.92 Å². The van der Waals surface area contributed by atoms with E-state index >= 15 is 0 Å². The second-order valence-corrected chi connectivity index (χ2v) is 4.30. The van der Waals surface area contributed by atoms with E-state index in [9.17, 15) is 19.5 Å². The van der Waals surface area contributed by atoms with Crippen molar-refractivity contribution in [2.24, 2.45) is 11.8 Å². The molecule has 2 N–H and O–H groups in total. The van der Waals surface area contributed by atoms with Crippen LogP contribution in [0.4, 0.5) is 4.79 Å². The fourth-order valence-corrected chi connectivity index (χ4v) is 1.89. The van der Waals surface area contributed by atoms with E-state index in [0.29, 0.717) is 0 Å². The number of β-lactam (4-membered cyclic amide) rings is 1. The molecule has 0 radical (unpaired) electrons. The van der Waals surface area contributed by atoms with Gasteiger partial charge in [-0.1, -0.05) is 6.92 Å². The Hall–Kier alpha value is -1.63. The van der Waals surface area contributed by atoms with E-state index in [4.69, 9.17) is 0 Å². The van der Waals surface area contributed by atoms with E-state index in [2.05, 4.69) is 14.8 Å². The average Bonchev–Trinajstić information content (AvgIpc) is 2.30. The first kappa shape index (κ1) is 14.4. The molecule has 1 saturated heterocycles. The zero-order chi connectivity index (χ0) is 13.9. The number of carbonyl (C=O) groups is 3. The van der Waals surface area contributed by atoms with Crippen molar-refractivity contribution in [2.45, 2.75) is 26.0 Å². The minimum absolute atomic E-state index is 0.275. The average molecular weight is 259 g/mol. The highest BCUT2D eigenvalue weighted by atomic mass is 16.7. The van der Waals surface area contributed by atoms with Crippen LogP contribution < -0.4 is 5.32 Å². The Morgan fingerprint density at radius 3 is 2.50 bits per heavy atom. The van der Waals surface area contributed by atoms with Gasteiger partial charge in [0, 0.05) is 5.92 Å². The molecule has 1 amide bonds. The van der Waals surface area contributed by atoms with Crippen LogP contribution in [0.15, 0.2) is 0 Å². The SMILES string of the molecule is COC(=O)OCC(=O)C(C)C1NC(=O)C1C(C)O. The largest absolute Gasteiger partial charge is 0.508 e. The molecule has 1 rings (SSSR count). The predicted octanol–water partition coefficient (Wildman–Crippen LogP) is -0.530. The molecule has 18 heavy (non-hydrogen) atoms. The first-order valence-electron chi connectivity index (χ1n) is 5.60. The highest BCUT2D eigenvalue weighted by Gasteiger charge is 2.46. The number of aliphatic hydroxyl groups excluding tert-OH is 1. The molecule has 0 spiro atoms. The lowest BCUT2D eigenvalue weighted by Gasteiger charge is -2.41. The fourth-order valence-electron chi connectivity index (χ4n) is 1.89. The molecule has 4 unspecified atom stereocenters. The van der Waals surface area contributed by atoms with Crippen LogP contribution in [0.5, 0.6) is 0 Å². The lowest BCUT2D eigenvalue weighted by atomic mass is 9.77. The second kappa shape index (κ2) is 5.81. The zero-order valence-electron chi connectivity index (χ0n) is 10.5. The lowest BCUT2D eigenvalue weighted by molar-refractivity contribution is -0.145. The number of ketones is 1. The highest BCUT2D eigenvalue weighted by Crippen LogP contribution is 2.26. The molecule has 4 atom stereocenters. The molecule has 0 saturated carbocycles. The molecule has 0 aromatic carbocycles. The number of rotatable bonds is 5. The van der Waals surface area contributed by atoms with Gasteiger partial charge in [-0.2, -0.15) is 0 Å². The standard InChI is InChI=1S/C11H17NO6/c1-5(7(14)4-18-11(16)17-3)9-8(6(2)13)10(15)12-9/h5-6,8-9,13H,4H2,1-3H3,(H,12,15). The monoisotopic (exact) mass is 259 g/mol. The molecule has 0 aliphatic carbocycles. The van der Waals surface area contributed by atoms with E-state index in [1.165, 1.54) is 6.92 Å². The number of hydrogen-bond donors (Lipinski definition) is 2. The van der Waals surface area contributed by atoms with Crippen molar-refractivity contribution in [1.82, 2.24) is 5.32 Å². The number of amides is 1. The van der Waals surface area contributed by atoms with E-state index in [0.717, 1.165) is 7.11 Å². The second-order valence-electron chi connectivity index (χ2n) is 4.30. The summed E-state index contributed by atoms with van der Waals surface area (Å²) in [4.78, 5) is 33.7. The molecule has 0 aromatic heterocycles. The molecule has 0 aromatic rings. The van der Waals surface area contributed by atoms with Crippen LogP contribution in [0.1, 0.15) is 13.8 Å². The summed E-state index contributed by atoms with van der Waals surface area (Å²) in [5.41, 5.74) is 0. The van der Waals surface area contributed by atoms with E-state index in [1.807, 2.05) is 0 Å². The van der Waals surface area contributed by atoms with Crippen LogP contribution in [-0.4, -0.2) is 48.8 Å². The first-order chi connectivity index (χ1) is 8.38. The van der Waals surface area contributed by atoms with Gasteiger partial charge in [0.1, 0.15) is 0 Å². The molecule has 1 fully saturated rings. The van der Waals surface area contributed by atoms with Crippen molar-refractivity contribution in [1.29, 1.82) is 0 Å². The Bertz CT molecular complexity index is 353. The fraction of sp³-hybridized carbons (Fsp3) is 0.727. The molecule has 1 aliphatic heterocycles. The normalized spacial score (nSPS) is 25.4. The van der Waals surface area contributed by atoms with Crippen LogP contribution >= 0.6 is 0 Å². The van der Waals surface area contributed by atoms with Crippen LogP contribution in [0.25, 0.3) is 0 Å². The number of carbonyl (C=O) groups excluding carboxylic acids is 3. The minimum Gasteiger partial charge on any atom is -0.438 e. The number of ether oxygens (including phenoxy) is 2. The van der Waals surface area contributed by atoms with Crippen LogP contribution in [0.3, 0.4) is 0 Å². The number of aliphatic hydroxyl groups is 1.